The summed E-state index contributed by atoms with van der Waals surface area (Å²) in [5, 5.41) is 5.01. The van der Waals surface area contributed by atoms with Crippen molar-refractivity contribution in [3.05, 3.63) is 87.8 Å². The molecule has 7 heteroatoms. The minimum absolute atomic E-state index is 0.364. The second kappa shape index (κ2) is 9.65. The number of nitrogens with one attached hydrogen (secondary N) is 2. The van der Waals surface area contributed by atoms with Crippen LogP contribution in [0.25, 0.3) is 10.9 Å². The van der Waals surface area contributed by atoms with Gasteiger partial charge in [-0.15, -0.1) is 0 Å². The number of aryl methyl sites for hydroxylation is 1. The number of anilines is 1. The van der Waals surface area contributed by atoms with E-state index in [-0.39, 0.29) is 5.82 Å². The first kappa shape index (κ1) is 21.7. The fourth-order valence-electron chi connectivity index (χ4n) is 2.82. The van der Waals surface area contributed by atoms with Crippen molar-refractivity contribution in [2.75, 3.05) is 12.4 Å². The molecule has 154 valence electrons. The average molecular weight is 445 g/mol. The first-order valence-corrected chi connectivity index (χ1v) is 9.80. The molecule has 0 saturated heterocycles. The molecule has 4 rings (SSSR count). The number of aldehydes is 1. The van der Waals surface area contributed by atoms with Crippen LogP contribution in [0.1, 0.15) is 15.9 Å². The standard InChI is InChI=1S/C13H11Cl2NO.C10H8FNO/c1-16-10-4-7-13(12(15)8-10)17-11-5-2-9(14)3-6-11;1-6-4-12-10-7(5-13)2-8(11)3-9(6)10/h2-8,16H,1H3;2-5,12H,1H3. The van der Waals surface area contributed by atoms with Crippen molar-refractivity contribution in [2.45, 2.75) is 6.92 Å². The lowest BCUT2D eigenvalue weighted by Gasteiger charge is -2.09. The number of benzene rings is 3. The van der Waals surface area contributed by atoms with Crippen LogP contribution in [0.2, 0.25) is 10.0 Å². The van der Waals surface area contributed by atoms with Crippen LogP contribution in [-0.2, 0) is 0 Å². The number of hydrogen-bond donors (Lipinski definition) is 2. The number of ether oxygens (including phenoxy) is 1. The van der Waals surface area contributed by atoms with Crippen LogP contribution in [0.5, 0.6) is 11.5 Å². The van der Waals surface area contributed by atoms with E-state index in [2.05, 4.69) is 10.3 Å². The Morgan fingerprint density at radius 1 is 1.07 bits per heavy atom. The van der Waals surface area contributed by atoms with Crippen LogP contribution in [0.3, 0.4) is 0 Å². The summed E-state index contributed by atoms with van der Waals surface area (Å²) in [7, 11) is 1.84. The van der Waals surface area contributed by atoms with Gasteiger partial charge in [0, 0.05) is 34.9 Å². The molecule has 0 bridgehead atoms. The number of H-pyrrole nitrogens is 1. The lowest BCUT2D eigenvalue weighted by atomic mass is 10.1. The fraction of sp³-hybridized carbons (Fsp3) is 0.0870. The van der Waals surface area contributed by atoms with Gasteiger partial charge in [0.1, 0.15) is 17.3 Å². The second-order valence-corrected chi connectivity index (χ2v) is 7.30. The van der Waals surface area contributed by atoms with Crippen molar-refractivity contribution in [2.24, 2.45) is 0 Å². The van der Waals surface area contributed by atoms with Gasteiger partial charge in [-0.3, -0.25) is 4.79 Å². The summed E-state index contributed by atoms with van der Waals surface area (Å²) in [6.07, 6.45) is 2.42. The van der Waals surface area contributed by atoms with Crippen molar-refractivity contribution in [3.8, 4) is 11.5 Å². The van der Waals surface area contributed by atoms with E-state index in [1.807, 2.05) is 32.2 Å². The molecule has 0 saturated carbocycles. The van der Waals surface area contributed by atoms with Gasteiger partial charge in [0.2, 0.25) is 0 Å². The summed E-state index contributed by atoms with van der Waals surface area (Å²) in [6.45, 7) is 1.87. The molecular weight excluding hydrogens is 426 g/mol. The third-order valence-corrected chi connectivity index (χ3v) is 4.93. The zero-order chi connectivity index (χ0) is 21.7. The predicted molar refractivity (Wildman–Crippen MR) is 121 cm³/mol. The molecule has 0 radical (unpaired) electrons. The highest BCUT2D eigenvalue weighted by molar-refractivity contribution is 6.32. The van der Waals surface area contributed by atoms with Crippen LogP contribution in [0.4, 0.5) is 10.1 Å². The number of fused-ring (bicyclic) bond motifs is 1. The Bertz CT molecular complexity index is 1170. The van der Waals surface area contributed by atoms with E-state index in [1.165, 1.54) is 12.1 Å². The molecule has 30 heavy (non-hydrogen) atoms. The molecule has 1 aromatic heterocycles. The molecule has 4 nitrogen and oxygen atoms in total. The number of halogens is 3. The van der Waals surface area contributed by atoms with Gasteiger partial charge >= 0.3 is 0 Å². The van der Waals surface area contributed by atoms with Crippen molar-refractivity contribution in [3.63, 3.8) is 0 Å². The van der Waals surface area contributed by atoms with Crippen LogP contribution in [-0.4, -0.2) is 18.3 Å². The molecule has 0 unspecified atom stereocenters. The summed E-state index contributed by atoms with van der Waals surface area (Å²) < 4.78 is 18.6. The molecule has 3 aromatic carbocycles. The highest BCUT2D eigenvalue weighted by atomic mass is 35.5. The maximum absolute atomic E-state index is 13.0. The Hall–Kier alpha value is -3.02. The van der Waals surface area contributed by atoms with E-state index >= 15 is 0 Å². The van der Waals surface area contributed by atoms with Crippen LogP contribution < -0.4 is 10.1 Å². The van der Waals surface area contributed by atoms with Crippen molar-refractivity contribution >= 4 is 46.1 Å². The summed E-state index contributed by atoms with van der Waals surface area (Å²) in [6, 6.07) is 15.3. The molecule has 0 aliphatic rings. The van der Waals surface area contributed by atoms with E-state index in [4.69, 9.17) is 27.9 Å². The molecule has 0 aliphatic heterocycles. The van der Waals surface area contributed by atoms with E-state index in [9.17, 15) is 9.18 Å². The molecule has 1 heterocycles. The number of rotatable bonds is 4. The summed E-state index contributed by atoms with van der Waals surface area (Å²) in [5.41, 5.74) is 2.95. The average Bonchev–Trinajstić information content (AvgIpc) is 3.11. The van der Waals surface area contributed by atoms with E-state index < -0.39 is 0 Å². The quantitative estimate of drug-likeness (QED) is 0.325. The Morgan fingerprint density at radius 3 is 2.43 bits per heavy atom. The van der Waals surface area contributed by atoms with Gasteiger partial charge in [-0.2, -0.15) is 0 Å². The second-order valence-electron chi connectivity index (χ2n) is 6.46. The first-order chi connectivity index (χ1) is 14.4. The van der Waals surface area contributed by atoms with Gasteiger partial charge in [0.15, 0.2) is 6.29 Å². The molecule has 0 atom stereocenters. The van der Waals surface area contributed by atoms with Crippen molar-refractivity contribution < 1.29 is 13.9 Å². The van der Waals surface area contributed by atoms with Crippen LogP contribution >= 0.6 is 23.2 Å². The maximum atomic E-state index is 13.0. The lowest BCUT2D eigenvalue weighted by molar-refractivity contribution is 0.112. The predicted octanol–water partition coefficient (Wildman–Crippen LogP) is 7.26. The van der Waals surface area contributed by atoms with Gasteiger partial charge in [0.25, 0.3) is 0 Å². The number of carbonyl (C=O) groups excluding carboxylic acids is 1. The normalized spacial score (nSPS) is 10.3. The number of aromatic amines is 1. The summed E-state index contributed by atoms with van der Waals surface area (Å²) in [5.74, 6) is 0.943. The van der Waals surface area contributed by atoms with E-state index in [0.717, 1.165) is 16.6 Å². The molecule has 2 N–H and O–H groups in total. The Balaban J connectivity index is 0.000000177. The van der Waals surface area contributed by atoms with Crippen molar-refractivity contribution in [1.82, 2.24) is 4.98 Å². The smallest absolute Gasteiger partial charge is 0.152 e. The topological polar surface area (TPSA) is 54.1 Å². The minimum Gasteiger partial charge on any atom is -0.456 e. The fourth-order valence-corrected chi connectivity index (χ4v) is 3.16. The zero-order valence-electron chi connectivity index (χ0n) is 16.3. The first-order valence-electron chi connectivity index (χ1n) is 9.04. The Kier molecular flexibility index (Phi) is 6.98. The number of carbonyl (C=O) groups is 1. The van der Waals surface area contributed by atoms with E-state index in [0.29, 0.717) is 38.9 Å². The van der Waals surface area contributed by atoms with Gasteiger partial charge in [-0.25, -0.2) is 4.39 Å². The molecule has 0 amide bonds. The maximum Gasteiger partial charge on any atom is 0.152 e. The third kappa shape index (κ3) is 5.12. The van der Waals surface area contributed by atoms with Gasteiger partial charge in [-0.1, -0.05) is 23.2 Å². The van der Waals surface area contributed by atoms with Crippen LogP contribution in [0, 0.1) is 12.7 Å². The molecule has 0 fully saturated rings. The monoisotopic (exact) mass is 444 g/mol. The minimum atomic E-state index is -0.377. The molecule has 0 aliphatic carbocycles. The van der Waals surface area contributed by atoms with Gasteiger partial charge < -0.3 is 15.0 Å². The number of hydrogen-bond acceptors (Lipinski definition) is 3. The van der Waals surface area contributed by atoms with Gasteiger partial charge in [0.05, 0.1) is 10.5 Å². The highest BCUT2D eigenvalue weighted by Gasteiger charge is 2.06. The van der Waals surface area contributed by atoms with Gasteiger partial charge in [-0.05, 0) is 67.1 Å². The molecule has 0 spiro atoms. The third-order valence-electron chi connectivity index (χ3n) is 4.38. The SMILES string of the molecule is CNc1ccc(Oc2ccc(Cl)cc2)c(Cl)c1.Cc1c[nH]c2c(C=O)cc(F)cc12. The Morgan fingerprint density at radius 2 is 1.80 bits per heavy atom. The summed E-state index contributed by atoms with van der Waals surface area (Å²) in [4.78, 5) is 13.5. The zero-order valence-corrected chi connectivity index (χ0v) is 17.8. The Labute approximate surface area is 183 Å². The van der Waals surface area contributed by atoms with Crippen molar-refractivity contribution in [1.29, 1.82) is 0 Å². The lowest BCUT2D eigenvalue weighted by Crippen LogP contribution is -1.89. The van der Waals surface area contributed by atoms with Crippen LogP contribution in [0.15, 0.2) is 60.8 Å². The highest BCUT2D eigenvalue weighted by Crippen LogP contribution is 2.31. The molecule has 4 aromatic rings. The summed E-state index contributed by atoms with van der Waals surface area (Å²) >= 11 is 11.9. The van der Waals surface area contributed by atoms with E-state index in [1.54, 1.807) is 30.5 Å². The molecular formula is C23H19Cl2FN2O2. The number of aromatic nitrogens is 1. The largest absolute Gasteiger partial charge is 0.456 e.